The molecule has 2 heterocycles. The Morgan fingerprint density at radius 3 is 3.00 bits per heavy atom. The van der Waals surface area contributed by atoms with Gasteiger partial charge in [0.15, 0.2) is 0 Å². The lowest BCUT2D eigenvalue weighted by Crippen LogP contribution is -2.30. The molecule has 1 aliphatic heterocycles. The van der Waals surface area contributed by atoms with E-state index in [-0.39, 0.29) is 0 Å². The molecule has 0 aromatic carbocycles. The van der Waals surface area contributed by atoms with E-state index in [1.54, 1.807) is 0 Å². The standard InChI is InChI=1S/C15H25N3O/c1-4-7-16-12(2)13-5-8-17-14(10-13)18-9-6-15(3,19)11-18/h5,8,10,12,16,19H,4,6-7,9,11H2,1-3H3. The molecule has 1 saturated heterocycles. The zero-order valence-electron chi connectivity index (χ0n) is 12.2. The Labute approximate surface area is 115 Å². The Balaban J connectivity index is 2.07. The number of aliphatic hydroxyl groups is 1. The zero-order chi connectivity index (χ0) is 13.9. The van der Waals surface area contributed by atoms with Crippen molar-refractivity contribution in [2.24, 2.45) is 0 Å². The molecule has 106 valence electrons. The Hall–Kier alpha value is -1.13. The van der Waals surface area contributed by atoms with Crippen molar-refractivity contribution in [3.8, 4) is 0 Å². The number of nitrogens with zero attached hydrogens (tertiary/aromatic N) is 2. The van der Waals surface area contributed by atoms with Crippen LogP contribution < -0.4 is 10.2 Å². The number of pyridine rings is 1. The lowest BCUT2D eigenvalue weighted by atomic mass is 10.1. The summed E-state index contributed by atoms with van der Waals surface area (Å²) in [6, 6.07) is 4.53. The summed E-state index contributed by atoms with van der Waals surface area (Å²) in [7, 11) is 0. The first-order valence-electron chi connectivity index (χ1n) is 7.18. The Kier molecular flexibility index (Phi) is 4.42. The summed E-state index contributed by atoms with van der Waals surface area (Å²) < 4.78 is 0. The van der Waals surface area contributed by atoms with Gasteiger partial charge in [0.05, 0.1) is 5.60 Å². The normalized spacial score (nSPS) is 24.7. The van der Waals surface area contributed by atoms with Crippen LogP contribution in [0.4, 0.5) is 5.82 Å². The molecule has 2 atom stereocenters. The summed E-state index contributed by atoms with van der Waals surface area (Å²) in [5, 5.41) is 13.5. The third-order valence-corrected chi connectivity index (χ3v) is 3.75. The Bertz CT molecular complexity index is 420. The van der Waals surface area contributed by atoms with Crippen molar-refractivity contribution in [3.05, 3.63) is 23.9 Å². The fourth-order valence-electron chi connectivity index (χ4n) is 2.50. The van der Waals surface area contributed by atoms with E-state index >= 15 is 0 Å². The fraction of sp³-hybridized carbons (Fsp3) is 0.667. The molecule has 0 spiro atoms. The molecule has 2 N–H and O–H groups in total. The first-order valence-corrected chi connectivity index (χ1v) is 7.18. The largest absolute Gasteiger partial charge is 0.388 e. The highest BCUT2D eigenvalue weighted by Crippen LogP contribution is 2.26. The lowest BCUT2D eigenvalue weighted by molar-refractivity contribution is 0.0839. The number of hydrogen-bond donors (Lipinski definition) is 2. The summed E-state index contributed by atoms with van der Waals surface area (Å²) in [5.41, 5.74) is 0.675. The summed E-state index contributed by atoms with van der Waals surface area (Å²) in [5.74, 6) is 0.973. The van der Waals surface area contributed by atoms with Crippen molar-refractivity contribution in [2.75, 3.05) is 24.5 Å². The van der Waals surface area contributed by atoms with Gasteiger partial charge in [-0.25, -0.2) is 4.98 Å². The summed E-state index contributed by atoms with van der Waals surface area (Å²) in [6.45, 7) is 8.80. The van der Waals surface area contributed by atoms with Gasteiger partial charge in [0, 0.05) is 25.3 Å². The predicted molar refractivity (Wildman–Crippen MR) is 78.4 cm³/mol. The smallest absolute Gasteiger partial charge is 0.128 e. The fourth-order valence-corrected chi connectivity index (χ4v) is 2.50. The molecule has 1 aromatic rings. The van der Waals surface area contributed by atoms with Gasteiger partial charge in [-0.2, -0.15) is 0 Å². The zero-order valence-corrected chi connectivity index (χ0v) is 12.2. The van der Waals surface area contributed by atoms with Crippen LogP contribution in [0.15, 0.2) is 18.3 Å². The molecule has 2 unspecified atom stereocenters. The minimum Gasteiger partial charge on any atom is -0.388 e. The maximum atomic E-state index is 10.0. The highest BCUT2D eigenvalue weighted by Gasteiger charge is 2.32. The van der Waals surface area contributed by atoms with Gasteiger partial charge in [-0.1, -0.05) is 6.92 Å². The topological polar surface area (TPSA) is 48.4 Å². The van der Waals surface area contributed by atoms with Gasteiger partial charge in [-0.3, -0.25) is 0 Å². The molecule has 4 heteroatoms. The van der Waals surface area contributed by atoms with Gasteiger partial charge in [-0.15, -0.1) is 0 Å². The Morgan fingerprint density at radius 2 is 2.37 bits per heavy atom. The van der Waals surface area contributed by atoms with Crippen molar-refractivity contribution in [1.82, 2.24) is 10.3 Å². The molecule has 1 fully saturated rings. The van der Waals surface area contributed by atoms with Crippen LogP contribution in [-0.4, -0.2) is 35.3 Å². The van der Waals surface area contributed by atoms with E-state index in [4.69, 9.17) is 0 Å². The van der Waals surface area contributed by atoms with E-state index in [2.05, 4.69) is 41.2 Å². The SMILES string of the molecule is CCCNC(C)c1ccnc(N2CCC(C)(O)C2)c1. The molecule has 1 aromatic heterocycles. The predicted octanol–water partition coefficient (Wildman–Crippen LogP) is 2.10. The van der Waals surface area contributed by atoms with Crippen LogP contribution in [0, 0.1) is 0 Å². The highest BCUT2D eigenvalue weighted by molar-refractivity contribution is 5.43. The first kappa shape index (κ1) is 14.3. The molecule has 2 rings (SSSR count). The van der Waals surface area contributed by atoms with Crippen LogP contribution in [0.25, 0.3) is 0 Å². The van der Waals surface area contributed by atoms with E-state index in [1.165, 1.54) is 5.56 Å². The second kappa shape index (κ2) is 5.88. The van der Waals surface area contributed by atoms with Crippen LogP contribution in [-0.2, 0) is 0 Å². The van der Waals surface area contributed by atoms with Gasteiger partial charge in [0.2, 0.25) is 0 Å². The van der Waals surface area contributed by atoms with Crippen molar-refractivity contribution in [1.29, 1.82) is 0 Å². The quantitative estimate of drug-likeness (QED) is 0.854. The maximum Gasteiger partial charge on any atom is 0.128 e. The molecular formula is C15H25N3O. The third-order valence-electron chi connectivity index (χ3n) is 3.75. The second-order valence-electron chi connectivity index (χ2n) is 5.79. The van der Waals surface area contributed by atoms with E-state index in [0.29, 0.717) is 12.6 Å². The first-order chi connectivity index (χ1) is 9.02. The molecule has 0 bridgehead atoms. The van der Waals surface area contributed by atoms with Crippen LogP contribution >= 0.6 is 0 Å². The van der Waals surface area contributed by atoms with Crippen molar-refractivity contribution < 1.29 is 5.11 Å². The number of hydrogen-bond acceptors (Lipinski definition) is 4. The number of anilines is 1. The van der Waals surface area contributed by atoms with Crippen LogP contribution in [0.2, 0.25) is 0 Å². The van der Waals surface area contributed by atoms with Gasteiger partial charge in [0.25, 0.3) is 0 Å². The molecule has 0 aliphatic carbocycles. The number of rotatable bonds is 5. The molecule has 4 nitrogen and oxygen atoms in total. The van der Waals surface area contributed by atoms with Gasteiger partial charge >= 0.3 is 0 Å². The number of β-amino-alcohol motifs (C(OH)–C–C–N with tert-alkyl or cyclic N) is 1. The highest BCUT2D eigenvalue weighted by atomic mass is 16.3. The van der Waals surface area contributed by atoms with Crippen molar-refractivity contribution in [3.63, 3.8) is 0 Å². The average Bonchev–Trinajstić information content (AvgIpc) is 2.76. The van der Waals surface area contributed by atoms with E-state index in [0.717, 1.165) is 31.7 Å². The Morgan fingerprint density at radius 1 is 1.58 bits per heavy atom. The van der Waals surface area contributed by atoms with E-state index in [1.807, 2.05) is 13.1 Å². The molecule has 0 radical (unpaired) electrons. The summed E-state index contributed by atoms with van der Waals surface area (Å²) in [4.78, 5) is 6.60. The van der Waals surface area contributed by atoms with Gasteiger partial charge in [0.1, 0.15) is 5.82 Å². The minimum absolute atomic E-state index is 0.338. The van der Waals surface area contributed by atoms with Crippen LogP contribution in [0.5, 0.6) is 0 Å². The third kappa shape index (κ3) is 3.67. The maximum absolute atomic E-state index is 10.0. The monoisotopic (exact) mass is 263 g/mol. The van der Waals surface area contributed by atoms with Crippen molar-refractivity contribution >= 4 is 5.82 Å². The molecule has 0 saturated carbocycles. The minimum atomic E-state index is -0.580. The molecule has 1 aliphatic rings. The van der Waals surface area contributed by atoms with E-state index < -0.39 is 5.60 Å². The van der Waals surface area contributed by atoms with E-state index in [9.17, 15) is 5.11 Å². The lowest BCUT2D eigenvalue weighted by Gasteiger charge is -2.21. The van der Waals surface area contributed by atoms with Gasteiger partial charge < -0.3 is 15.3 Å². The molecular weight excluding hydrogens is 238 g/mol. The summed E-state index contributed by atoms with van der Waals surface area (Å²) in [6.07, 6.45) is 3.81. The molecule has 19 heavy (non-hydrogen) atoms. The van der Waals surface area contributed by atoms with Crippen molar-refractivity contribution in [2.45, 2.75) is 45.3 Å². The number of nitrogens with one attached hydrogen (secondary N) is 1. The van der Waals surface area contributed by atoms with Crippen LogP contribution in [0.3, 0.4) is 0 Å². The number of aromatic nitrogens is 1. The second-order valence-corrected chi connectivity index (χ2v) is 5.79. The summed E-state index contributed by atoms with van der Waals surface area (Å²) >= 11 is 0. The van der Waals surface area contributed by atoms with Crippen LogP contribution in [0.1, 0.15) is 45.2 Å². The van der Waals surface area contributed by atoms with Gasteiger partial charge in [-0.05, 0) is 50.9 Å². The molecule has 0 amide bonds. The average molecular weight is 263 g/mol.